The van der Waals surface area contributed by atoms with Crippen LogP contribution in [0.3, 0.4) is 0 Å². The Bertz CT molecular complexity index is 883. The molecule has 7 nitrogen and oxygen atoms in total. The zero-order valence-electron chi connectivity index (χ0n) is 13.1. The molecule has 2 heterocycles. The fraction of sp³-hybridized carbons (Fsp3) is 0.462. The first kappa shape index (κ1) is 19.4. The third-order valence-corrected chi connectivity index (χ3v) is 5.52. The second kappa shape index (κ2) is 6.79. The van der Waals surface area contributed by atoms with Crippen molar-refractivity contribution in [1.29, 1.82) is 0 Å². The van der Waals surface area contributed by atoms with E-state index in [4.69, 9.17) is 16.1 Å². The number of nitrogens with zero attached hydrogens (tertiary/aromatic N) is 3. The predicted octanol–water partition coefficient (Wildman–Crippen LogP) is 2.75. The summed E-state index contributed by atoms with van der Waals surface area (Å²) in [5.41, 5.74) is -0.300. The Morgan fingerprint density at radius 3 is 2.52 bits per heavy atom. The highest BCUT2D eigenvalue weighted by atomic mass is 35.5. The van der Waals surface area contributed by atoms with Gasteiger partial charge in [-0.2, -0.15) is 13.2 Å². The summed E-state index contributed by atoms with van der Waals surface area (Å²) in [5.74, 6) is -1.85. The van der Waals surface area contributed by atoms with Gasteiger partial charge in [0.25, 0.3) is 0 Å². The average molecular weight is 400 g/mol. The van der Waals surface area contributed by atoms with Gasteiger partial charge in [0.1, 0.15) is 21.5 Å². The number of aromatic nitrogens is 3. The van der Waals surface area contributed by atoms with E-state index in [2.05, 4.69) is 10.1 Å². The molecule has 0 atom stereocenters. The number of hydrogen-bond acceptors (Lipinski definition) is 6. The average Bonchev–Trinajstić information content (AvgIpc) is 2.98. The Morgan fingerprint density at radius 2 is 2.00 bits per heavy atom. The topological polar surface area (TPSA) is 95.1 Å². The lowest BCUT2D eigenvalue weighted by molar-refractivity contribution is -0.136. The number of hydrogen-bond donors (Lipinski definition) is 0. The molecule has 25 heavy (non-hydrogen) atoms. The second-order valence-electron chi connectivity index (χ2n) is 5.28. The normalized spacial score (nSPS) is 12.6. The van der Waals surface area contributed by atoms with E-state index in [0.717, 1.165) is 10.9 Å². The summed E-state index contributed by atoms with van der Waals surface area (Å²) in [6.07, 6.45) is -4.59. The second-order valence-corrected chi connectivity index (χ2v) is 7.56. The van der Waals surface area contributed by atoms with Gasteiger partial charge in [0.15, 0.2) is 21.4 Å². The van der Waals surface area contributed by atoms with Crippen LogP contribution in [-0.2, 0) is 16.4 Å². The van der Waals surface area contributed by atoms with Crippen LogP contribution in [0.5, 0.6) is 0 Å². The van der Waals surface area contributed by atoms with Crippen LogP contribution in [-0.4, -0.2) is 40.8 Å². The largest absolute Gasteiger partial charge is 0.390 e. The Hall–Kier alpha value is -1.88. The first-order valence-electron chi connectivity index (χ1n) is 6.88. The molecule has 0 saturated carbocycles. The van der Waals surface area contributed by atoms with Crippen molar-refractivity contribution in [1.82, 2.24) is 14.7 Å². The van der Waals surface area contributed by atoms with Crippen LogP contribution < -0.4 is 0 Å². The van der Waals surface area contributed by atoms with E-state index in [1.54, 1.807) is 0 Å². The molecule has 0 amide bonds. The van der Waals surface area contributed by atoms with Gasteiger partial charge >= 0.3 is 6.18 Å². The lowest BCUT2D eigenvalue weighted by Crippen LogP contribution is -2.18. The number of imidazole rings is 1. The summed E-state index contributed by atoms with van der Waals surface area (Å²) < 4.78 is 67.2. The van der Waals surface area contributed by atoms with Crippen LogP contribution in [0.1, 0.15) is 28.4 Å². The molecular weight excluding hydrogens is 387 g/mol. The smallest absolute Gasteiger partial charge is 0.360 e. The number of carbonyl (C=O) groups is 1. The van der Waals surface area contributed by atoms with Crippen LogP contribution in [0.4, 0.5) is 13.2 Å². The third kappa shape index (κ3) is 4.40. The highest BCUT2D eigenvalue weighted by Gasteiger charge is 2.31. The lowest BCUT2D eigenvalue weighted by atomic mass is 10.3. The monoisotopic (exact) mass is 399 g/mol. The first-order valence-corrected chi connectivity index (χ1v) is 8.91. The molecule has 0 fully saturated rings. The molecule has 0 aliphatic carbocycles. The Balaban J connectivity index is 2.21. The van der Waals surface area contributed by atoms with Gasteiger partial charge in [0.2, 0.25) is 0 Å². The zero-order valence-corrected chi connectivity index (χ0v) is 14.7. The summed E-state index contributed by atoms with van der Waals surface area (Å²) in [6.45, 7) is 2.27. The quantitative estimate of drug-likeness (QED) is 0.693. The van der Waals surface area contributed by atoms with E-state index >= 15 is 0 Å². The molecular formula is C13H13ClF3N3O4S. The van der Waals surface area contributed by atoms with Gasteiger partial charge < -0.3 is 9.09 Å². The maximum absolute atomic E-state index is 12.3. The maximum Gasteiger partial charge on any atom is 0.390 e. The van der Waals surface area contributed by atoms with Gasteiger partial charge in [-0.25, -0.2) is 13.4 Å². The summed E-state index contributed by atoms with van der Waals surface area (Å²) in [4.78, 5) is 15.6. The van der Waals surface area contributed by atoms with Crippen molar-refractivity contribution in [2.75, 3.05) is 5.75 Å². The minimum atomic E-state index is -4.40. The molecule has 0 bridgehead atoms. The highest BCUT2D eigenvalue weighted by Crippen LogP contribution is 2.25. The molecule has 2 rings (SSSR count). The molecule has 0 aromatic carbocycles. The molecule has 0 saturated heterocycles. The molecule has 12 heteroatoms. The molecule has 0 spiro atoms. The van der Waals surface area contributed by atoms with E-state index in [9.17, 15) is 26.4 Å². The maximum atomic E-state index is 12.3. The number of alkyl halides is 3. The molecule has 2 aromatic heterocycles. The van der Waals surface area contributed by atoms with Crippen molar-refractivity contribution in [3.05, 3.63) is 28.6 Å². The van der Waals surface area contributed by atoms with Crippen molar-refractivity contribution < 1.29 is 30.9 Å². The van der Waals surface area contributed by atoms with E-state index in [0.29, 0.717) is 0 Å². The number of carbonyl (C=O) groups excluding carboxylic acids is 1. The molecule has 0 aliphatic rings. The molecule has 0 radical (unpaired) electrons. The van der Waals surface area contributed by atoms with Gasteiger partial charge in [0.05, 0.1) is 18.4 Å². The van der Waals surface area contributed by atoms with Gasteiger partial charge in [0, 0.05) is 6.54 Å². The van der Waals surface area contributed by atoms with Crippen molar-refractivity contribution in [3.8, 4) is 0 Å². The lowest BCUT2D eigenvalue weighted by Gasteiger charge is -2.07. The number of halogens is 4. The molecule has 138 valence electrons. The van der Waals surface area contributed by atoms with Crippen LogP contribution in [0.15, 0.2) is 15.7 Å². The summed E-state index contributed by atoms with van der Waals surface area (Å²) in [6, 6.07) is 0. The number of aryl methyl sites for hydroxylation is 3. The minimum Gasteiger partial charge on any atom is -0.360 e. The van der Waals surface area contributed by atoms with Crippen LogP contribution in [0.25, 0.3) is 0 Å². The fourth-order valence-corrected chi connectivity index (χ4v) is 4.06. The zero-order chi connectivity index (χ0) is 19.0. The van der Waals surface area contributed by atoms with Gasteiger partial charge in [-0.3, -0.25) is 4.79 Å². The van der Waals surface area contributed by atoms with E-state index in [1.165, 1.54) is 13.8 Å². The van der Waals surface area contributed by atoms with Gasteiger partial charge in [-0.15, -0.1) is 0 Å². The number of sulfone groups is 1. The van der Waals surface area contributed by atoms with Gasteiger partial charge in [-0.05, 0) is 13.8 Å². The van der Waals surface area contributed by atoms with Crippen molar-refractivity contribution >= 4 is 27.2 Å². The summed E-state index contributed by atoms with van der Waals surface area (Å²) in [7, 11) is -4.06. The summed E-state index contributed by atoms with van der Waals surface area (Å²) in [5, 5.41) is 3.17. The minimum absolute atomic E-state index is 0.0344. The van der Waals surface area contributed by atoms with Gasteiger partial charge in [-0.1, -0.05) is 16.8 Å². The Labute approximate surface area is 145 Å². The molecule has 0 aliphatic heterocycles. The molecule has 0 unspecified atom stereocenters. The van der Waals surface area contributed by atoms with Crippen LogP contribution in [0.2, 0.25) is 5.15 Å². The highest BCUT2D eigenvalue weighted by molar-refractivity contribution is 7.92. The fourth-order valence-electron chi connectivity index (χ4n) is 2.19. The number of Topliss-reactive ketones (excluding diaryl/α,β-unsaturated/α-hetero) is 1. The van der Waals surface area contributed by atoms with Crippen molar-refractivity contribution in [3.63, 3.8) is 0 Å². The SMILES string of the molecule is Cc1noc(C)c1S(=O)(=O)CC(=O)c1ncn(CCC(F)(F)F)c1Cl. The van der Waals surface area contributed by atoms with E-state index < -0.39 is 46.2 Å². The van der Waals surface area contributed by atoms with E-state index in [1.807, 2.05) is 0 Å². The predicted molar refractivity (Wildman–Crippen MR) is 80.3 cm³/mol. The third-order valence-electron chi connectivity index (χ3n) is 3.27. The first-order chi connectivity index (χ1) is 11.4. The van der Waals surface area contributed by atoms with Crippen LogP contribution >= 0.6 is 11.6 Å². The van der Waals surface area contributed by atoms with Crippen molar-refractivity contribution in [2.24, 2.45) is 0 Å². The standard InChI is InChI=1S/C13H13ClF3N3O4S/c1-7-11(8(2)24-19-7)25(22,23)5-9(21)10-12(14)20(6-18-10)4-3-13(15,16)17/h6H,3-5H2,1-2H3. The molecule has 2 aromatic rings. The number of ketones is 1. The summed E-state index contributed by atoms with van der Waals surface area (Å²) >= 11 is 5.85. The Morgan fingerprint density at radius 1 is 1.36 bits per heavy atom. The van der Waals surface area contributed by atoms with E-state index in [-0.39, 0.29) is 21.5 Å². The van der Waals surface area contributed by atoms with Crippen molar-refractivity contribution in [2.45, 2.75) is 37.9 Å². The molecule has 0 N–H and O–H groups in total. The number of rotatable bonds is 6. The Kier molecular flexibility index (Phi) is 5.28. The van der Waals surface area contributed by atoms with Crippen LogP contribution in [0, 0.1) is 13.8 Å².